The van der Waals surface area contributed by atoms with Crippen LogP contribution in [0, 0.1) is 0 Å². The van der Waals surface area contributed by atoms with E-state index in [-0.39, 0.29) is 12.2 Å². The molecule has 0 aliphatic carbocycles. The minimum Gasteiger partial charge on any atom is -0.470 e. The van der Waals surface area contributed by atoms with Crippen LogP contribution >= 0.6 is 0 Å². The molecule has 0 saturated carbocycles. The van der Waals surface area contributed by atoms with Crippen LogP contribution in [0.5, 0.6) is 0 Å². The zero-order chi connectivity index (χ0) is 20.4. The van der Waals surface area contributed by atoms with Gasteiger partial charge in [-0.25, -0.2) is 0 Å². The van der Waals surface area contributed by atoms with Gasteiger partial charge in [0, 0.05) is 0 Å². The molecule has 0 bridgehead atoms. The Balaban J connectivity index is 1.43. The van der Waals surface area contributed by atoms with Crippen LogP contribution in [-0.4, -0.2) is 18.5 Å². The molecular weight excluding hydrogens is 376 g/mol. The monoisotopic (exact) mass is 402 g/mol. The lowest BCUT2D eigenvalue weighted by molar-refractivity contribution is -0.227. The van der Waals surface area contributed by atoms with Crippen molar-refractivity contribution in [1.82, 2.24) is 0 Å². The molecule has 30 heavy (non-hydrogen) atoms. The fourth-order valence-electron chi connectivity index (χ4n) is 3.29. The Morgan fingerprint density at radius 1 is 0.567 bits per heavy atom. The van der Waals surface area contributed by atoms with Gasteiger partial charge in [-0.3, -0.25) is 0 Å². The third kappa shape index (κ3) is 5.80. The molecule has 3 aromatic carbocycles. The molecule has 3 aromatic rings. The fourth-order valence-corrected chi connectivity index (χ4v) is 3.29. The van der Waals surface area contributed by atoms with Gasteiger partial charge in [-0.15, -0.1) is 0 Å². The van der Waals surface area contributed by atoms with Crippen LogP contribution < -0.4 is 0 Å². The number of benzene rings is 3. The first-order valence-electron chi connectivity index (χ1n) is 10.2. The Kier molecular flexibility index (Phi) is 7.29. The van der Waals surface area contributed by atoms with Crippen molar-refractivity contribution in [1.29, 1.82) is 0 Å². The summed E-state index contributed by atoms with van der Waals surface area (Å²) in [6.07, 6.45) is 2.32. The van der Waals surface area contributed by atoms with E-state index in [0.29, 0.717) is 19.8 Å². The lowest BCUT2D eigenvalue weighted by Gasteiger charge is -2.34. The van der Waals surface area contributed by atoms with Gasteiger partial charge in [0.15, 0.2) is 0 Å². The second-order valence-corrected chi connectivity index (χ2v) is 7.15. The fraction of sp³-hybridized carbons (Fsp3) is 0.231. The van der Waals surface area contributed by atoms with Crippen LogP contribution in [0.4, 0.5) is 0 Å². The Morgan fingerprint density at radius 2 is 1.03 bits per heavy atom. The summed E-state index contributed by atoms with van der Waals surface area (Å²) in [6.45, 7) is 1.39. The Labute approximate surface area is 177 Å². The van der Waals surface area contributed by atoms with Crippen molar-refractivity contribution in [2.45, 2.75) is 38.3 Å². The van der Waals surface area contributed by atoms with Crippen LogP contribution in [0.2, 0.25) is 0 Å². The standard InChI is InChI=1S/C26H26O4/c1-4-10-21(11-5-1)18-28-24-16-17-27-26(30-20-23-14-8-3-9-15-23)25(24)29-19-22-12-6-2-7-13-22/h1-17,24-26H,18-20H2/t24-,25-,26-/m1/s1. The molecular formula is C26H26O4. The SMILES string of the molecule is C1=C[C@@H](OCc2ccccc2)[C@@H](OCc2ccccc2)[C@@H](OCc2ccccc2)O1. The topological polar surface area (TPSA) is 36.9 Å². The van der Waals surface area contributed by atoms with Crippen LogP contribution in [0.1, 0.15) is 16.7 Å². The van der Waals surface area contributed by atoms with Crippen molar-refractivity contribution >= 4 is 0 Å². The van der Waals surface area contributed by atoms with Crippen molar-refractivity contribution in [3.05, 3.63) is 120 Å². The minimum atomic E-state index is -0.556. The summed E-state index contributed by atoms with van der Waals surface area (Å²) in [5.41, 5.74) is 3.29. The molecule has 0 N–H and O–H groups in total. The first-order chi connectivity index (χ1) is 14.9. The second-order valence-electron chi connectivity index (χ2n) is 7.15. The molecule has 154 valence electrons. The molecule has 1 aliphatic rings. The molecule has 4 rings (SSSR count). The van der Waals surface area contributed by atoms with Gasteiger partial charge in [-0.1, -0.05) is 91.0 Å². The average molecular weight is 402 g/mol. The van der Waals surface area contributed by atoms with Crippen LogP contribution in [0.3, 0.4) is 0 Å². The van der Waals surface area contributed by atoms with Crippen molar-refractivity contribution in [2.24, 2.45) is 0 Å². The maximum Gasteiger partial charge on any atom is 0.228 e. The second kappa shape index (κ2) is 10.7. The van der Waals surface area contributed by atoms with E-state index in [1.54, 1.807) is 6.26 Å². The molecule has 0 fully saturated rings. The first kappa shape index (κ1) is 20.4. The number of rotatable bonds is 9. The smallest absolute Gasteiger partial charge is 0.228 e. The average Bonchev–Trinajstić information content (AvgIpc) is 2.82. The number of hydrogen-bond acceptors (Lipinski definition) is 4. The molecule has 4 heteroatoms. The molecule has 0 amide bonds. The van der Waals surface area contributed by atoms with E-state index in [1.807, 2.05) is 97.1 Å². The Morgan fingerprint density at radius 3 is 1.57 bits per heavy atom. The molecule has 0 spiro atoms. The van der Waals surface area contributed by atoms with Gasteiger partial charge in [0.2, 0.25) is 6.29 Å². The summed E-state index contributed by atoms with van der Waals surface area (Å²) in [7, 11) is 0. The highest BCUT2D eigenvalue weighted by Crippen LogP contribution is 2.23. The van der Waals surface area contributed by atoms with Crippen molar-refractivity contribution in [3.63, 3.8) is 0 Å². The number of hydrogen-bond donors (Lipinski definition) is 0. The van der Waals surface area contributed by atoms with Crippen molar-refractivity contribution < 1.29 is 18.9 Å². The zero-order valence-electron chi connectivity index (χ0n) is 16.8. The Bertz CT molecular complexity index is 896. The van der Waals surface area contributed by atoms with Gasteiger partial charge >= 0.3 is 0 Å². The van der Waals surface area contributed by atoms with Crippen LogP contribution in [0.15, 0.2) is 103 Å². The summed E-state index contributed by atoms with van der Waals surface area (Å²) in [6, 6.07) is 30.2. The summed E-state index contributed by atoms with van der Waals surface area (Å²) in [5, 5.41) is 0. The third-order valence-corrected chi connectivity index (χ3v) is 4.90. The lowest BCUT2D eigenvalue weighted by atomic mass is 10.1. The van der Waals surface area contributed by atoms with Crippen molar-refractivity contribution in [2.75, 3.05) is 0 Å². The van der Waals surface area contributed by atoms with Gasteiger partial charge < -0.3 is 18.9 Å². The molecule has 0 radical (unpaired) electrons. The lowest BCUT2D eigenvalue weighted by Crippen LogP contribution is -2.44. The summed E-state index contributed by atoms with van der Waals surface area (Å²) >= 11 is 0. The van der Waals surface area contributed by atoms with E-state index in [4.69, 9.17) is 18.9 Å². The van der Waals surface area contributed by atoms with Crippen LogP contribution in [0.25, 0.3) is 0 Å². The predicted octanol–water partition coefficient (Wildman–Crippen LogP) is 5.24. The predicted molar refractivity (Wildman–Crippen MR) is 115 cm³/mol. The van der Waals surface area contributed by atoms with E-state index in [1.165, 1.54) is 0 Å². The largest absolute Gasteiger partial charge is 0.470 e. The highest BCUT2D eigenvalue weighted by Gasteiger charge is 2.35. The van der Waals surface area contributed by atoms with Crippen molar-refractivity contribution in [3.8, 4) is 0 Å². The zero-order valence-corrected chi connectivity index (χ0v) is 16.8. The Hall–Kier alpha value is -2.92. The maximum atomic E-state index is 6.24. The quantitative estimate of drug-likeness (QED) is 0.490. The van der Waals surface area contributed by atoms with Gasteiger partial charge in [0.25, 0.3) is 0 Å². The molecule has 3 atom stereocenters. The maximum absolute atomic E-state index is 6.24. The number of ether oxygens (including phenoxy) is 4. The van der Waals surface area contributed by atoms with E-state index in [9.17, 15) is 0 Å². The van der Waals surface area contributed by atoms with Gasteiger partial charge in [-0.2, -0.15) is 0 Å². The van der Waals surface area contributed by atoms with E-state index in [0.717, 1.165) is 16.7 Å². The molecule has 1 heterocycles. The molecule has 4 nitrogen and oxygen atoms in total. The molecule has 0 saturated heterocycles. The van der Waals surface area contributed by atoms with E-state index in [2.05, 4.69) is 0 Å². The summed E-state index contributed by atoms with van der Waals surface area (Å²) < 4.78 is 24.3. The highest BCUT2D eigenvalue weighted by molar-refractivity contribution is 5.15. The molecule has 0 aromatic heterocycles. The van der Waals surface area contributed by atoms with Gasteiger partial charge in [0.05, 0.1) is 26.1 Å². The van der Waals surface area contributed by atoms with Crippen LogP contribution in [-0.2, 0) is 38.8 Å². The third-order valence-electron chi connectivity index (χ3n) is 4.90. The highest BCUT2D eigenvalue weighted by atomic mass is 16.7. The summed E-state index contributed by atoms with van der Waals surface area (Å²) in [5.74, 6) is 0. The molecule has 1 aliphatic heterocycles. The van der Waals surface area contributed by atoms with E-state index >= 15 is 0 Å². The van der Waals surface area contributed by atoms with Gasteiger partial charge in [-0.05, 0) is 22.8 Å². The first-order valence-corrected chi connectivity index (χ1v) is 10.2. The van der Waals surface area contributed by atoms with Gasteiger partial charge in [0.1, 0.15) is 12.2 Å². The summed E-state index contributed by atoms with van der Waals surface area (Å²) in [4.78, 5) is 0. The van der Waals surface area contributed by atoms with E-state index < -0.39 is 6.29 Å². The molecule has 0 unspecified atom stereocenters. The normalized spacial score (nSPS) is 20.6. The minimum absolute atomic E-state index is 0.275.